The van der Waals surface area contributed by atoms with E-state index >= 15 is 0 Å². The van der Waals surface area contributed by atoms with Gasteiger partial charge in [-0.1, -0.05) is 61.0 Å². The molecule has 1 aliphatic heterocycles. The number of benzene rings is 3. The summed E-state index contributed by atoms with van der Waals surface area (Å²) in [5, 5.41) is 2.89. The minimum absolute atomic E-state index is 0.264. The standard InChI is InChI=1S/C27H23ClN2O4S/c1-2-18-7-11-21(12-8-18)29-25(31)16-30-26(32)24(35-27(30)33)15-19-9-13-22(14-10-19)34-17-20-5-3-4-6-23(20)28/h3-15H,2,16-17H2,1H3,(H,29,31)/b24-15+. The van der Waals surface area contributed by atoms with Crippen LogP contribution < -0.4 is 10.1 Å². The van der Waals surface area contributed by atoms with Crippen LogP contribution in [0.4, 0.5) is 10.5 Å². The molecule has 0 aromatic heterocycles. The molecule has 0 aliphatic carbocycles. The van der Waals surface area contributed by atoms with E-state index in [1.807, 2.05) is 43.3 Å². The Morgan fingerprint density at radius 2 is 1.74 bits per heavy atom. The Morgan fingerprint density at radius 3 is 2.43 bits per heavy atom. The number of hydrogen-bond acceptors (Lipinski definition) is 5. The van der Waals surface area contributed by atoms with Crippen molar-refractivity contribution in [3.05, 3.63) is 99.4 Å². The number of thioether (sulfide) groups is 1. The van der Waals surface area contributed by atoms with E-state index < -0.39 is 17.1 Å². The summed E-state index contributed by atoms with van der Waals surface area (Å²) in [6.45, 7) is 2.04. The van der Waals surface area contributed by atoms with Crippen molar-refractivity contribution in [3.63, 3.8) is 0 Å². The number of anilines is 1. The normalized spacial score (nSPS) is 14.5. The SMILES string of the molecule is CCc1ccc(NC(=O)CN2C(=O)S/C(=C/c3ccc(OCc4ccccc4Cl)cc3)C2=O)cc1. The van der Waals surface area contributed by atoms with Gasteiger partial charge in [-0.2, -0.15) is 0 Å². The van der Waals surface area contributed by atoms with E-state index in [1.54, 1.807) is 42.5 Å². The van der Waals surface area contributed by atoms with Crippen molar-refractivity contribution in [3.8, 4) is 5.75 Å². The van der Waals surface area contributed by atoms with Crippen LogP contribution in [-0.4, -0.2) is 28.5 Å². The van der Waals surface area contributed by atoms with E-state index in [0.29, 0.717) is 23.1 Å². The van der Waals surface area contributed by atoms with Gasteiger partial charge in [-0.3, -0.25) is 19.3 Å². The monoisotopic (exact) mass is 506 g/mol. The van der Waals surface area contributed by atoms with Gasteiger partial charge < -0.3 is 10.1 Å². The van der Waals surface area contributed by atoms with Crippen molar-refractivity contribution in [2.45, 2.75) is 20.0 Å². The lowest BCUT2D eigenvalue weighted by Gasteiger charge is -2.12. The highest BCUT2D eigenvalue weighted by Gasteiger charge is 2.36. The van der Waals surface area contributed by atoms with Gasteiger partial charge in [0.25, 0.3) is 11.1 Å². The fourth-order valence-electron chi connectivity index (χ4n) is 3.39. The lowest BCUT2D eigenvalue weighted by molar-refractivity contribution is -0.127. The molecule has 1 N–H and O–H groups in total. The highest BCUT2D eigenvalue weighted by molar-refractivity contribution is 8.18. The van der Waals surface area contributed by atoms with E-state index in [2.05, 4.69) is 5.32 Å². The Labute approximate surface area is 212 Å². The van der Waals surface area contributed by atoms with Crippen LogP contribution in [0.15, 0.2) is 77.7 Å². The Kier molecular flexibility index (Phi) is 7.90. The molecular formula is C27H23ClN2O4S. The number of halogens is 1. The first-order valence-corrected chi connectivity index (χ1v) is 12.2. The van der Waals surface area contributed by atoms with Gasteiger partial charge in [-0.05, 0) is 65.7 Å². The summed E-state index contributed by atoms with van der Waals surface area (Å²) in [7, 11) is 0. The molecule has 0 spiro atoms. The van der Waals surface area contributed by atoms with Crippen LogP contribution in [0.5, 0.6) is 5.75 Å². The van der Waals surface area contributed by atoms with E-state index in [9.17, 15) is 14.4 Å². The average Bonchev–Trinajstić information content (AvgIpc) is 3.12. The Morgan fingerprint density at radius 1 is 1.03 bits per heavy atom. The molecule has 3 aromatic carbocycles. The second kappa shape index (κ2) is 11.3. The number of hydrogen-bond donors (Lipinski definition) is 1. The van der Waals surface area contributed by atoms with Gasteiger partial charge in [-0.25, -0.2) is 0 Å². The van der Waals surface area contributed by atoms with Crippen LogP contribution in [0.1, 0.15) is 23.6 Å². The molecule has 1 fully saturated rings. The molecule has 1 heterocycles. The van der Waals surface area contributed by atoms with Crippen molar-refractivity contribution < 1.29 is 19.1 Å². The summed E-state index contributed by atoms with van der Waals surface area (Å²) in [5.74, 6) is -0.271. The molecule has 0 bridgehead atoms. The van der Waals surface area contributed by atoms with E-state index in [-0.39, 0.29) is 11.4 Å². The smallest absolute Gasteiger partial charge is 0.294 e. The summed E-state index contributed by atoms with van der Waals surface area (Å²) in [5.41, 5.74) is 3.39. The molecule has 1 aliphatic rings. The molecule has 3 aromatic rings. The molecule has 0 radical (unpaired) electrons. The van der Waals surface area contributed by atoms with Gasteiger partial charge in [0.2, 0.25) is 5.91 Å². The second-order valence-corrected chi connectivity index (χ2v) is 9.22. The maximum Gasteiger partial charge on any atom is 0.294 e. The van der Waals surface area contributed by atoms with Gasteiger partial charge in [0.05, 0.1) is 4.91 Å². The predicted molar refractivity (Wildman–Crippen MR) is 139 cm³/mol. The molecule has 3 amide bonds. The van der Waals surface area contributed by atoms with Crippen molar-refractivity contribution in [2.24, 2.45) is 0 Å². The molecule has 178 valence electrons. The molecule has 6 nitrogen and oxygen atoms in total. The van der Waals surface area contributed by atoms with Gasteiger partial charge in [-0.15, -0.1) is 0 Å². The number of ether oxygens (including phenoxy) is 1. The van der Waals surface area contributed by atoms with Gasteiger partial charge in [0, 0.05) is 16.3 Å². The summed E-state index contributed by atoms with van der Waals surface area (Å²) < 4.78 is 5.77. The minimum Gasteiger partial charge on any atom is -0.489 e. The van der Waals surface area contributed by atoms with Crippen LogP contribution >= 0.6 is 23.4 Å². The lowest BCUT2D eigenvalue weighted by atomic mass is 10.1. The summed E-state index contributed by atoms with van der Waals surface area (Å²) in [4.78, 5) is 38.7. The maximum absolute atomic E-state index is 12.7. The summed E-state index contributed by atoms with van der Waals surface area (Å²) in [6, 6.07) is 22.1. The largest absolute Gasteiger partial charge is 0.489 e. The van der Waals surface area contributed by atoms with Crippen LogP contribution in [0, 0.1) is 0 Å². The minimum atomic E-state index is -0.490. The molecule has 4 rings (SSSR count). The van der Waals surface area contributed by atoms with Crippen molar-refractivity contribution >= 4 is 52.2 Å². The van der Waals surface area contributed by atoms with Gasteiger partial charge >= 0.3 is 0 Å². The molecule has 1 saturated heterocycles. The first-order valence-electron chi connectivity index (χ1n) is 11.0. The number of amides is 3. The van der Waals surface area contributed by atoms with E-state index in [0.717, 1.165) is 39.8 Å². The highest BCUT2D eigenvalue weighted by Crippen LogP contribution is 2.32. The fourth-order valence-corrected chi connectivity index (χ4v) is 4.42. The van der Waals surface area contributed by atoms with Crippen LogP contribution in [0.25, 0.3) is 6.08 Å². The number of carbonyl (C=O) groups is 3. The van der Waals surface area contributed by atoms with Crippen LogP contribution in [-0.2, 0) is 22.6 Å². The third-order valence-corrected chi connectivity index (χ3v) is 6.63. The highest BCUT2D eigenvalue weighted by atomic mass is 35.5. The molecule has 8 heteroatoms. The van der Waals surface area contributed by atoms with Crippen molar-refractivity contribution in [2.75, 3.05) is 11.9 Å². The predicted octanol–water partition coefficient (Wildman–Crippen LogP) is 6.16. The number of nitrogens with one attached hydrogen (secondary N) is 1. The molecular weight excluding hydrogens is 484 g/mol. The van der Waals surface area contributed by atoms with E-state index in [1.165, 1.54) is 0 Å². The first kappa shape index (κ1) is 24.6. The number of imide groups is 1. The third kappa shape index (κ3) is 6.32. The summed E-state index contributed by atoms with van der Waals surface area (Å²) in [6.07, 6.45) is 2.53. The zero-order valence-corrected chi connectivity index (χ0v) is 20.6. The Bertz CT molecular complexity index is 1270. The number of nitrogens with zero attached hydrogens (tertiary/aromatic N) is 1. The zero-order valence-electron chi connectivity index (χ0n) is 19.0. The summed E-state index contributed by atoms with van der Waals surface area (Å²) >= 11 is 6.97. The Balaban J connectivity index is 1.35. The van der Waals surface area contributed by atoms with Crippen LogP contribution in [0.3, 0.4) is 0 Å². The fraction of sp³-hybridized carbons (Fsp3) is 0.148. The molecule has 0 unspecified atom stereocenters. The number of aryl methyl sites for hydroxylation is 1. The van der Waals surface area contributed by atoms with Crippen molar-refractivity contribution in [1.29, 1.82) is 0 Å². The number of rotatable bonds is 8. The third-order valence-electron chi connectivity index (χ3n) is 5.35. The number of carbonyl (C=O) groups excluding carboxylic acids is 3. The topological polar surface area (TPSA) is 75.7 Å². The average molecular weight is 507 g/mol. The van der Waals surface area contributed by atoms with Gasteiger partial charge in [0.15, 0.2) is 0 Å². The lowest BCUT2D eigenvalue weighted by Crippen LogP contribution is -2.36. The second-order valence-electron chi connectivity index (χ2n) is 7.82. The molecule has 0 saturated carbocycles. The Hall–Kier alpha value is -3.55. The maximum atomic E-state index is 12.7. The van der Waals surface area contributed by atoms with E-state index in [4.69, 9.17) is 16.3 Å². The quantitative estimate of drug-likeness (QED) is 0.370. The first-order chi connectivity index (χ1) is 16.9. The van der Waals surface area contributed by atoms with Crippen molar-refractivity contribution in [1.82, 2.24) is 4.90 Å². The molecule has 0 atom stereocenters. The van der Waals surface area contributed by atoms with Crippen LogP contribution in [0.2, 0.25) is 5.02 Å². The molecule has 35 heavy (non-hydrogen) atoms. The zero-order chi connectivity index (χ0) is 24.8. The van der Waals surface area contributed by atoms with Gasteiger partial charge in [0.1, 0.15) is 18.9 Å².